The van der Waals surface area contributed by atoms with Gasteiger partial charge in [-0.2, -0.15) is 10.6 Å². The molecule has 1 aliphatic heterocycles. The molecule has 0 aromatic heterocycles. The molecule has 0 unspecified atom stereocenters. The summed E-state index contributed by atoms with van der Waals surface area (Å²) in [5.74, 6) is -2.07. The van der Waals surface area contributed by atoms with E-state index in [2.05, 4.69) is 9.47 Å². The Morgan fingerprint density at radius 3 is 2.24 bits per heavy atom. The maximum Gasteiger partial charge on any atom is 0.573 e. The predicted molar refractivity (Wildman–Crippen MR) is 117 cm³/mol. The van der Waals surface area contributed by atoms with Gasteiger partial charge in [-0.15, -0.1) is 13.2 Å². The van der Waals surface area contributed by atoms with Gasteiger partial charge in [0.15, 0.2) is 0 Å². The van der Waals surface area contributed by atoms with Crippen molar-refractivity contribution in [3.8, 4) is 5.75 Å². The molecule has 186 valence electrons. The summed E-state index contributed by atoms with van der Waals surface area (Å²) < 4.78 is 80.2. The van der Waals surface area contributed by atoms with Gasteiger partial charge in [-0.3, -0.25) is 14.0 Å². The van der Waals surface area contributed by atoms with Gasteiger partial charge in [0.05, 0.1) is 30.7 Å². The third-order valence-corrected chi connectivity index (χ3v) is 6.74. The Morgan fingerprint density at radius 1 is 1.09 bits per heavy atom. The molecule has 0 spiro atoms. The van der Waals surface area contributed by atoms with E-state index in [0.717, 1.165) is 30.2 Å². The molecule has 1 fully saturated rings. The van der Waals surface area contributed by atoms with Crippen LogP contribution in [-0.2, 0) is 11.3 Å². The Kier molecular flexibility index (Phi) is 7.58. The minimum absolute atomic E-state index is 0.0207. The Bertz CT molecular complexity index is 1040. The predicted octanol–water partition coefficient (Wildman–Crippen LogP) is 4.70. The maximum atomic E-state index is 14.7. The topological polar surface area (TPSA) is 99.5 Å². The normalized spacial score (nSPS) is 16.5. The second kappa shape index (κ2) is 10.1. The van der Waals surface area contributed by atoms with E-state index in [-0.39, 0.29) is 48.0 Å². The number of nitrogens with zero attached hydrogens (tertiary/aromatic N) is 2. The van der Waals surface area contributed by atoms with Crippen molar-refractivity contribution in [2.45, 2.75) is 12.9 Å². The third kappa shape index (κ3) is 6.52. The molecule has 0 saturated carbocycles. The summed E-state index contributed by atoms with van der Waals surface area (Å²) in [6.45, 7) is -0.230. The van der Waals surface area contributed by atoms with Crippen LogP contribution >= 0.6 is 10.6 Å². The van der Waals surface area contributed by atoms with Gasteiger partial charge in [0.25, 0.3) is 0 Å². The number of anilines is 1. The zero-order chi connectivity index (χ0) is 25.1. The van der Waals surface area contributed by atoms with E-state index in [4.69, 9.17) is 0 Å². The van der Waals surface area contributed by atoms with Crippen molar-refractivity contribution in [1.82, 2.24) is 4.90 Å². The van der Waals surface area contributed by atoms with Crippen molar-refractivity contribution < 1.29 is 45.7 Å². The van der Waals surface area contributed by atoms with Crippen LogP contribution in [0.2, 0.25) is 0 Å². The smallest absolute Gasteiger partial charge is 0.465 e. The number of methoxy groups -OCH3 is 1. The summed E-state index contributed by atoms with van der Waals surface area (Å²) in [6.07, 6.45) is -4.89. The Hall–Kier alpha value is -3.03. The van der Waals surface area contributed by atoms with E-state index in [9.17, 15) is 36.3 Å². The fraction of sp³-hybridized carbons (Fsp3) is 0.333. The number of ether oxygens (including phenoxy) is 2. The third-order valence-electron chi connectivity index (χ3n) is 5.06. The summed E-state index contributed by atoms with van der Waals surface area (Å²) in [4.78, 5) is 27.4. The maximum absolute atomic E-state index is 14.7. The van der Waals surface area contributed by atoms with Crippen molar-refractivity contribution >= 4 is 28.3 Å². The first-order chi connectivity index (χ1) is 15.9. The molecule has 2 amide bonds. The van der Waals surface area contributed by atoms with Crippen LogP contribution in [-0.4, -0.2) is 64.1 Å². The highest BCUT2D eigenvalue weighted by atomic mass is 32.3. The lowest BCUT2D eigenvalue weighted by Crippen LogP contribution is -2.48. The van der Waals surface area contributed by atoms with Gasteiger partial charge < -0.3 is 14.4 Å². The number of carbonyl (C=O) groups excluding carboxylic acids is 2. The highest BCUT2D eigenvalue weighted by molar-refractivity contribution is 8.24. The second-order valence-corrected chi connectivity index (χ2v) is 9.83. The number of carbonyl (C=O) groups is 2. The molecule has 1 saturated heterocycles. The van der Waals surface area contributed by atoms with Gasteiger partial charge in [-0.1, -0.05) is 6.07 Å². The zero-order valence-corrected chi connectivity index (χ0v) is 18.7. The van der Waals surface area contributed by atoms with Gasteiger partial charge >= 0.3 is 18.4 Å². The molecule has 3 rings (SSSR count). The van der Waals surface area contributed by atoms with Gasteiger partial charge in [0.1, 0.15) is 11.6 Å². The fourth-order valence-electron chi connectivity index (χ4n) is 3.28. The summed E-state index contributed by atoms with van der Waals surface area (Å²) in [6, 6.07) is 7.46. The van der Waals surface area contributed by atoms with Crippen LogP contribution in [0.15, 0.2) is 42.5 Å². The number of rotatable bonds is 5. The molecule has 0 aliphatic carbocycles. The van der Waals surface area contributed by atoms with Crippen LogP contribution < -0.4 is 9.64 Å². The first-order valence-corrected chi connectivity index (χ1v) is 11.8. The van der Waals surface area contributed by atoms with Gasteiger partial charge in [0.2, 0.25) is 0 Å². The van der Waals surface area contributed by atoms with Crippen LogP contribution in [0.4, 0.5) is 28.0 Å². The zero-order valence-electron chi connectivity index (χ0n) is 17.9. The molecule has 0 radical (unpaired) electrons. The number of hydrogen-bond donors (Lipinski definition) is 2. The lowest BCUT2D eigenvalue weighted by Gasteiger charge is -2.42. The molecule has 1 aliphatic rings. The molecule has 0 atom stereocenters. The van der Waals surface area contributed by atoms with Gasteiger partial charge in [0, 0.05) is 24.3 Å². The van der Waals surface area contributed by atoms with Gasteiger partial charge in [-0.25, -0.2) is 14.0 Å². The quantitative estimate of drug-likeness (QED) is 0.451. The van der Waals surface area contributed by atoms with Crippen LogP contribution in [0.1, 0.15) is 15.9 Å². The van der Waals surface area contributed by atoms with E-state index in [1.165, 1.54) is 29.2 Å². The molecule has 2 aromatic carbocycles. The molecule has 2 N–H and O–H groups in total. The molecular weight excluding hydrogens is 484 g/mol. The Morgan fingerprint density at radius 2 is 1.71 bits per heavy atom. The number of alkyl halides is 3. The average molecular weight is 506 g/mol. The first kappa shape index (κ1) is 25.6. The summed E-state index contributed by atoms with van der Waals surface area (Å²) >= 11 is 0. The molecule has 0 bridgehead atoms. The fourth-order valence-corrected chi connectivity index (χ4v) is 4.51. The lowest BCUT2D eigenvalue weighted by atomic mass is 10.1. The molecule has 1 heterocycles. The SMILES string of the molecule is COC(=O)c1ccc(CN(C(=O)N2CCS(O)(O)CC2)c2ccc(OC(F)(F)F)cc2)c(F)c1. The summed E-state index contributed by atoms with van der Waals surface area (Å²) in [7, 11) is -1.64. The van der Waals surface area contributed by atoms with E-state index >= 15 is 0 Å². The van der Waals surface area contributed by atoms with Crippen LogP contribution in [0.3, 0.4) is 0 Å². The van der Waals surface area contributed by atoms with Crippen molar-refractivity contribution in [3.63, 3.8) is 0 Å². The minimum atomic E-state index is -4.89. The van der Waals surface area contributed by atoms with E-state index < -0.39 is 40.5 Å². The molecule has 13 heteroatoms. The van der Waals surface area contributed by atoms with E-state index in [1.54, 1.807) is 0 Å². The second-order valence-electron chi connectivity index (χ2n) is 7.41. The van der Waals surface area contributed by atoms with Gasteiger partial charge in [-0.05, 0) is 36.4 Å². The van der Waals surface area contributed by atoms with Crippen LogP contribution in [0.5, 0.6) is 5.75 Å². The van der Waals surface area contributed by atoms with Crippen molar-refractivity contribution in [2.75, 3.05) is 36.6 Å². The number of amides is 2. The van der Waals surface area contributed by atoms with Crippen molar-refractivity contribution in [1.29, 1.82) is 0 Å². The largest absolute Gasteiger partial charge is 0.573 e. The van der Waals surface area contributed by atoms with Crippen molar-refractivity contribution in [3.05, 3.63) is 59.4 Å². The molecule has 34 heavy (non-hydrogen) atoms. The van der Waals surface area contributed by atoms with Crippen LogP contribution in [0.25, 0.3) is 0 Å². The summed E-state index contributed by atoms with van der Waals surface area (Å²) in [5.41, 5.74) is 0.169. The van der Waals surface area contributed by atoms with E-state index in [1.807, 2.05) is 0 Å². The number of esters is 1. The monoisotopic (exact) mass is 506 g/mol. The lowest BCUT2D eigenvalue weighted by molar-refractivity contribution is -0.274. The standard InChI is InChI=1S/C21H22F4N2O6S/c1-32-19(28)14-2-3-15(18(22)12-14)13-27(20(29)26-8-10-34(30,31)11-9-26)16-4-6-17(7-5-16)33-21(23,24)25/h2-7,12,30-31H,8-11,13H2,1H3. The Labute approximate surface area is 194 Å². The van der Waals surface area contributed by atoms with Crippen molar-refractivity contribution in [2.24, 2.45) is 0 Å². The first-order valence-electron chi connectivity index (χ1n) is 9.91. The highest BCUT2D eigenvalue weighted by Gasteiger charge is 2.32. The molecule has 8 nitrogen and oxygen atoms in total. The number of benzene rings is 2. The van der Waals surface area contributed by atoms with Crippen LogP contribution in [0, 0.1) is 5.82 Å². The molecular formula is C21H22F4N2O6S. The summed E-state index contributed by atoms with van der Waals surface area (Å²) in [5, 5.41) is 0. The number of halogens is 4. The Balaban J connectivity index is 1.89. The average Bonchev–Trinajstić information content (AvgIpc) is 2.77. The minimum Gasteiger partial charge on any atom is -0.465 e. The number of hydrogen-bond acceptors (Lipinski definition) is 6. The number of urea groups is 1. The molecule has 2 aromatic rings. The highest BCUT2D eigenvalue weighted by Crippen LogP contribution is 2.40. The van der Waals surface area contributed by atoms with E-state index in [0.29, 0.717) is 0 Å².